The predicted molar refractivity (Wildman–Crippen MR) is 98.4 cm³/mol. The standard InChI is InChI=1S/C21H30O8/c1-9(2)17(23)27-12-8-19(5,25)13-7-14(26-11(4)22)20(6)21(13,29-20)16-15(12)10(3)18(24)28-16/h9-10,12-16,25H,7-8H2,1-6H3/t10-,12+,13-,14-,15+,16-,19+,20+,21+/m0/s1. The summed E-state index contributed by atoms with van der Waals surface area (Å²) >= 11 is 0. The molecule has 4 rings (SSSR count). The van der Waals surface area contributed by atoms with Crippen molar-refractivity contribution in [2.75, 3.05) is 0 Å². The molecule has 0 radical (unpaired) electrons. The molecule has 0 aromatic rings. The van der Waals surface area contributed by atoms with Crippen LogP contribution < -0.4 is 0 Å². The molecule has 0 bridgehead atoms. The van der Waals surface area contributed by atoms with Crippen molar-refractivity contribution in [2.24, 2.45) is 23.7 Å². The Morgan fingerprint density at radius 2 is 1.90 bits per heavy atom. The molecule has 0 unspecified atom stereocenters. The van der Waals surface area contributed by atoms with Crippen molar-refractivity contribution in [3.63, 3.8) is 0 Å². The number of rotatable bonds is 3. The first-order valence-corrected chi connectivity index (χ1v) is 10.4. The molecule has 4 aliphatic rings. The van der Waals surface area contributed by atoms with Crippen LogP contribution in [-0.4, -0.2) is 58.1 Å². The lowest BCUT2D eigenvalue weighted by Gasteiger charge is -2.35. The molecular weight excluding hydrogens is 380 g/mol. The van der Waals surface area contributed by atoms with Gasteiger partial charge >= 0.3 is 17.9 Å². The summed E-state index contributed by atoms with van der Waals surface area (Å²) in [6.07, 6.45) is -1.34. The zero-order valence-corrected chi connectivity index (χ0v) is 17.8. The Morgan fingerprint density at radius 1 is 1.24 bits per heavy atom. The summed E-state index contributed by atoms with van der Waals surface area (Å²) in [5.41, 5.74) is -3.09. The zero-order chi connectivity index (χ0) is 21.5. The number of ether oxygens (including phenoxy) is 4. The zero-order valence-electron chi connectivity index (χ0n) is 17.8. The normalized spacial score (nSPS) is 50.1. The average molecular weight is 410 g/mol. The van der Waals surface area contributed by atoms with Gasteiger partial charge in [0.2, 0.25) is 0 Å². The van der Waals surface area contributed by atoms with Gasteiger partial charge in [-0.1, -0.05) is 20.8 Å². The fourth-order valence-corrected chi connectivity index (χ4v) is 6.00. The van der Waals surface area contributed by atoms with Crippen molar-refractivity contribution in [3.8, 4) is 0 Å². The second-order valence-corrected chi connectivity index (χ2v) is 9.80. The van der Waals surface area contributed by atoms with E-state index in [9.17, 15) is 19.5 Å². The first kappa shape index (κ1) is 20.6. The van der Waals surface area contributed by atoms with Crippen molar-refractivity contribution < 1.29 is 38.4 Å². The van der Waals surface area contributed by atoms with Crippen LogP contribution in [0.2, 0.25) is 0 Å². The fraction of sp³-hybridized carbons (Fsp3) is 0.857. The van der Waals surface area contributed by atoms with Gasteiger partial charge in [0.1, 0.15) is 29.5 Å². The summed E-state index contributed by atoms with van der Waals surface area (Å²) in [4.78, 5) is 36.5. The molecule has 8 heteroatoms. The van der Waals surface area contributed by atoms with E-state index >= 15 is 0 Å². The van der Waals surface area contributed by atoms with E-state index in [4.69, 9.17) is 18.9 Å². The van der Waals surface area contributed by atoms with Crippen molar-refractivity contribution in [1.29, 1.82) is 0 Å². The van der Waals surface area contributed by atoms with Crippen LogP contribution in [0.25, 0.3) is 0 Å². The molecule has 1 N–H and O–H groups in total. The highest BCUT2D eigenvalue weighted by Crippen LogP contribution is 2.71. The van der Waals surface area contributed by atoms with E-state index in [1.165, 1.54) is 6.92 Å². The maximum Gasteiger partial charge on any atom is 0.309 e. The van der Waals surface area contributed by atoms with E-state index in [0.29, 0.717) is 6.42 Å². The van der Waals surface area contributed by atoms with Crippen molar-refractivity contribution >= 4 is 17.9 Å². The Labute approximate surface area is 170 Å². The topological polar surface area (TPSA) is 112 Å². The number of fused-ring (bicyclic) bond motifs is 1. The van der Waals surface area contributed by atoms with Crippen molar-refractivity contribution in [2.45, 2.75) is 89.5 Å². The number of aliphatic hydroxyl groups is 1. The van der Waals surface area contributed by atoms with Gasteiger partial charge in [0.25, 0.3) is 0 Å². The molecule has 9 atom stereocenters. The lowest BCUT2D eigenvalue weighted by molar-refractivity contribution is -0.162. The van der Waals surface area contributed by atoms with E-state index in [-0.39, 0.29) is 24.3 Å². The Balaban J connectivity index is 1.76. The molecule has 1 spiro atoms. The van der Waals surface area contributed by atoms with Gasteiger partial charge in [-0.05, 0) is 20.3 Å². The SMILES string of the molecule is CC(=O)O[C@H]1C[C@@H]2[C@@]3(O[C@]13C)[C@H]1OC(=O)[C@@H](C)[C@@H]1[C@H](OC(=O)C(C)C)C[C@@]2(C)O. The maximum absolute atomic E-state index is 12.5. The summed E-state index contributed by atoms with van der Waals surface area (Å²) in [5.74, 6) is -2.88. The minimum absolute atomic E-state index is 0.159. The first-order valence-electron chi connectivity index (χ1n) is 10.4. The quantitative estimate of drug-likeness (QED) is 0.422. The Bertz CT molecular complexity index is 760. The highest BCUT2D eigenvalue weighted by Gasteiger charge is 2.88. The van der Waals surface area contributed by atoms with Gasteiger partial charge in [0.05, 0.1) is 17.4 Å². The van der Waals surface area contributed by atoms with Crippen LogP contribution in [0, 0.1) is 23.7 Å². The minimum atomic E-state index is -1.26. The molecule has 0 aromatic heterocycles. The minimum Gasteiger partial charge on any atom is -0.462 e. The predicted octanol–water partition coefficient (Wildman–Crippen LogP) is 1.37. The third-order valence-electron chi connectivity index (χ3n) is 7.50. The van der Waals surface area contributed by atoms with Gasteiger partial charge in [0.15, 0.2) is 0 Å². The summed E-state index contributed by atoms with van der Waals surface area (Å²) in [6, 6.07) is 0. The summed E-state index contributed by atoms with van der Waals surface area (Å²) < 4.78 is 23.3. The molecule has 162 valence electrons. The molecule has 4 fully saturated rings. The monoisotopic (exact) mass is 410 g/mol. The van der Waals surface area contributed by atoms with Crippen molar-refractivity contribution in [3.05, 3.63) is 0 Å². The van der Waals surface area contributed by atoms with Gasteiger partial charge < -0.3 is 24.1 Å². The van der Waals surface area contributed by atoms with E-state index < -0.39 is 58.8 Å². The van der Waals surface area contributed by atoms with Gasteiger partial charge in [-0.25, -0.2) is 0 Å². The fourth-order valence-electron chi connectivity index (χ4n) is 6.00. The van der Waals surface area contributed by atoms with Crippen molar-refractivity contribution in [1.82, 2.24) is 0 Å². The number of carbonyl (C=O) groups is 3. The maximum atomic E-state index is 12.5. The third kappa shape index (κ3) is 2.68. The number of esters is 3. The molecule has 2 saturated carbocycles. The molecule has 2 aliphatic carbocycles. The number of carbonyl (C=O) groups excluding carboxylic acids is 3. The Hall–Kier alpha value is -1.67. The highest BCUT2D eigenvalue weighted by molar-refractivity contribution is 5.76. The van der Waals surface area contributed by atoms with Gasteiger partial charge in [0, 0.05) is 25.2 Å². The van der Waals surface area contributed by atoms with Crippen LogP contribution in [-0.2, 0) is 33.3 Å². The largest absolute Gasteiger partial charge is 0.462 e. The van der Waals surface area contributed by atoms with Crippen LogP contribution >= 0.6 is 0 Å². The van der Waals surface area contributed by atoms with Gasteiger partial charge in [-0.2, -0.15) is 0 Å². The van der Waals surface area contributed by atoms with E-state index in [2.05, 4.69) is 0 Å². The number of epoxide rings is 1. The molecule has 29 heavy (non-hydrogen) atoms. The third-order valence-corrected chi connectivity index (χ3v) is 7.50. The van der Waals surface area contributed by atoms with Crippen LogP contribution in [0.15, 0.2) is 0 Å². The lowest BCUT2D eigenvalue weighted by Crippen LogP contribution is -2.48. The molecule has 2 aliphatic heterocycles. The van der Waals surface area contributed by atoms with Crippen LogP contribution in [0.1, 0.15) is 54.4 Å². The first-order chi connectivity index (χ1) is 13.3. The smallest absolute Gasteiger partial charge is 0.309 e. The van der Waals surface area contributed by atoms with Crippen LogP contribution in [0.5, 0.6) is 0 Å². The van der Waals surface area contributed by atoms with E-state index in [1.54, 1.807) is 27.7 Å². The Kier molecular flexibility index (Phi) is 4.38. The number of hydrogen-bond acceptors (Lipinski definition) is 8. The molecular formula is C21H30O8. The van der Waals surface area contributed by atoms with Gasteiger partial charge in [-0.3, -0.25) is 14.4 Å². The second-order valence-electron chi connectivity index (χ2n) is 9.80. The van der Waals surface area contributed by atoms with E-state index in [1.807, 2.05) is 6.92 Å². The molecule has 2 saturated heterocycles. The molecule has 0 amide bonds. The second kappa shape index (κ2) is 6.17. The van der Waals surface area contributed by atoms with Crippen LogP contribution in [0.4, 0.5) is 0 Å². The Morgan fingerprint density at radius 3 is 2.48 bits per heavy atom. The van der Waals surface area contributed by atoms with Crippen LogP contribution in [0.3, 0.4) is 0 Å². The molecule has 2 heterocycles. The highest BCUT2D eigenvalue weighted by atomic mass is 16.7. The molecule has 8 nitrogen and oxygen atoms in total. The van der Waals surface area contributed by atoms with E-state index in [0.717, 1.165) is 0 Å². The summed E-state index contributed by atoms with van der Waals surface area (Å²) in [5, 5.41) is 11.5. The average Bonchev–Trinajstić information content (AvgIpc) is 3.03. The summed E-state index contributed by atoms with van der Waals surface area (Å²) in [6.45, 7) is 10.1. The molecule has 0 aromatic carbocycles. The lowest BCUT2D eigenvalue weighted by atomic mass is 9.75. The summed E-state index contributed by atoms with van der Waals surface area (Å²) in [7, 11) is 0. The van der Waals surface area contributed by atoms with Gasteiger partial charge in [-0.15, -0.1) is 0 Å². The number of hydrogen-bond donors (Lipinski definition) is 1.